The number of nitro benzene ring substituents is 1. The van der Waals surface area contributed by atoms with Gasteiger partial charge in [0, 0.05) is 11.6 Å². The Morgan fingerprint density at radius 1 is 1.40 bits per heavy atom. The van der Waals surface area contributed by atoms with E-state index in [9.17, 15) is 10.1 Å². The zero-order chi connectivity index (χ0) is 15.2. The lowest BCUT2D eigenvalue weighted by molar-refractivity contribution is -0.385. The summed E-state index contributed by atoms with van der Waals surface area (Å²) in [6, 6.07) is 5.07. The highest BCUT2D eigenvalue weighted by Gasteiger charge is 2.24. The van der Waals surface area contributed by atoms with E-state index >= 15 is 0 Å². The molecule has 1 atom stereocenters. The Morgan fingerprint density at radius 3 is 2.60 bits per heavy atom. The van der Waals surface area contributed by atoms with Gasteiger partial charge in [-0.3, -0.25) is 10.1 Å². The quantitative estimate of drug-likeness (QED) is 0.584. The molecule has 0 saturated heterocycles. The second-order valence-corrected chi connectivity index (χ2v) is 5.26. The maximum atomic E-state index is 11.0. The lowest BCUT2D eigenvalue weighted by Gasteiger charge is -2.28. The Morgan fingerprint density at radius 2 is 2.10 bits per heavy atom. The highest BCUT2D eigenvalue weighted by molar-refractivity contribution is 5.49. The Kier molecular flexibility index (Phi) is 5.95. The molecule has 1 aromatic rings. The standard InChI is InChI=1S/C15H24N2O3/c1-4-6-9-15(16,5-2)11-12-7-8-14(20-3)13(10-12)17(18)19/h7-8,10H,4-6,9,11,16H2,1-3H3. The summed E-state index contributed by atoms with van der Waals surface area (Å²) in [7, 11) is 1.43. The highest BCUT2D eigenvalue weighted by atomic mass is 16.6. The van der Waals surface area contributed by atoms with E-state index in [-0.39, 0.29) is 17.0 Å². The summed E-state index contributed by atoms with van der Waals surface area (Å²) in [6.07, 6.45) is 4.60. The van der Waals surface area contributed by atoms with Gasteiger partial charge in [-0.1, -0.05) is 32.8 Å². The number of hydrogen-bond donors (Lipinski definition) is 1. The van der Waals surface area contributed by atoms with E-state index in [4.69, 9.17) is 10.5 Å². The summed E-state index contributed by atoms with van der Waals surface area (Å²) < 4.78 is 5.01. The molecule has 0 aliphatic heterocycles. The van der Waals surface area contributed by atoms with Crippen LogP contribution in [0, 0.1) is 10.1 Å². The molecular formula is C15H24N2O3. The van der Waals surface area contributed by atoms with Crippen LogP contribution in [-0.4, -0.2) is 17.6 Å². The average molecular weight is 280 g/mol. The fourth-order valence-corrected chi connectivity index (χ4v) is 2.31. The Hall–Kier alpha value is -1.62. The van der Waals surface area contributed by atoms with Crippen molar-refractivity contribution in [2.24, 2.45) is 5.73 Å². The number of methoxy groups -OCH3 is 1. The van der Waals surface area contributed by atoms with Crippen LogP contribution in [0.25, 0.3) is 0 Å². The van der Waals surface area contributed by atoms with E-state index in [1.165, 1.54) is 7.11 Å². The number of nitrogens with zero attached hydrogens (tertiary/aromatic N) is 1. The number of rotatable bonds is 8. The van der Waals surface area contributed by atoms with Gasteiger partial charge in [0.05, 0.1) is 12.0 Å². The van der Waals surface area contributed by atoms with Crippen LogP contribution in [0.15, 0.2) is 18.2 Å². The molecule has 0 aliphatic carbocycles. The Balaban J connectivity index is 2.96. The first-order chi connectivity index (χ1) is 9.45. The van der Waals surface area contributed by atoms with E-state index < -0.39 is 4.92 Å². The SMILES string of the molecule is CCCCC(N)(CC)Cc1ccc(OC)c([N+](=O)[O-])c1. The zero-order valence-corrected chi connectivity index (χ0v) is 12.5. The number of nitro groups is 1. The third-order valence-electron chi connectivity index (χ3n) is 3.73. The van der Waals surface area contributed by atoms with Crippen molar-refractivity contribution in [2.75, 3.05) is 7.11 Å². The molecule has 0 spiro atoms. The molecule has 1 aromatic carbocycles. The van der Waals surface area contributed by atoms with E-state index in [0.29, 0.717) is 6.42 Å². The van der Waals surface area contributed by atoms with E-state index in [2.05, 4.69) is 13.8 Å². The summed E-state index contributed by atoms with van der Waals surface area (Å²) in [5.41, 5.74) is 7.00. The van der Waals surface area contributed by atoms with Gasteiger partial charge >= 0.3 is 5.69 Å². The fourth-order valence-electron chi connectivity index (χ4n) is 2.31. The highest BCUT2D eigenvalue weighted by Crippen LogP contribution is 2.30. The topological polar surface area (TPSA) is 78.4 Å². The maximum absolute atomic E-state index is 11.0. The summed E-state index contributed by atoms with van der Waals surface area (Å²) in [6.45, 7) is 4.20. The summed E-state index contributed by atoms with van der Waals surface area (Å²) in [5, 5.41) is 11.0. The minimum atomic E-state index is -0.418. The van der Waals surface area contributed by atoms with Gasteiger partial charge in [0.1, 0.15) is 0 Å². The van der Waals surface area contributed by atoms with Gasteiger partial charge in [0.25, 0.3) is 0 Å². The number of nitrogens with two attached hydrogens (primary N) is 1. The van der Waals surface area contributed by atoms with Crippen molar-refractivity contribution in [3.05, 3.63) is 33.9 Å². The molecule has 5 heteroatoms. The van der Waals surface area contributed by atoms with Gasteiger partial charge in [-0.25, -0.2) is 0 Å². The first-order valence-corrected chi connectivity index (χ1v) is 7.06. The molecule has 1 unspecified atom stereocenters. The van der Waals surface area contributed by atoms with Crippen molar-refractivity contribution < 1.29 is 9.66 Å². The predicted octanol–water partition coefficient (Wildman–Crippen LogP) is 3.44. The smallest absolute Gasteiger partial charge is 0.311 e. The summed E-state index contributed by atoms with van der Waals surface area (Å²) in [4.78, 5) is 10.6. The molecule has 20 heavy (non-hydrogen) atoms. The Labute approximate surface area is 120 Å². The molecule has 112 valence electrons. The number of ether oxygens (including phenoxy) is 1. The van der Waals surface area contributed by atoms with E-state index in [1.54, 1.807) is 12.1 Å². The van der Waals surface area contributed by atoms with Gasteiger partial charge < -0.3 is 10.5 Å². The van der Waals surface area contributed by atoms with Crippen LogP contribution in [0.2, 0.25) is 0 Å². The second kappa shape index (κ2) is 7.24. The van der Waals surface area contributed by atoms with Crippen LogP contribution in [-0.2, 0) is 6.42 Å². The molecular weight excluding hydrogens is 256 g/mol. The molecule has 0 saturated carbocycles. The van der Waals surface area contributed by atoms with Crippen molar-refractivity contribution in [3.63, 3.8) is 0 Å². The predicted molar refractivity (Wildman–Crippen MR) is 80.1 cm³/mol. The molecule has 0 bridgehead atoms. The van der Waals surface area contributed by atoms with E-state index in [1.807, 2.05) is 6.07 Å². The molecule has 2 N–H and O–H groups in total. The number of benzene rings is 1. The lowest BCUT2D eigenvalue weighted by atomic mass is 9.84. The van der Waals surface area contributed by atoms with Crippen molar-refractivity contribution in [1.29, 1.82) is 0 Å². The normalized spacial score (nSPS) is 13.8. The minimum absolute atomic E-state index is 0.000977. The molecule has 0 aliphatic rings. The lowest BCUT2D eigenvalue weighted by Crippen LogP contribution is -2.41. The van der Waals surface area contributed by atoms with Gasteiger partial charge in [0.15, 0.2) is 5.75 Å². The maximum Gasteiger partial charge on any atom is 0.311 e. The van der Waals surface area contributed by atoms with Crippen LogP contribution in [0.4, 0.5) is 5.69 Å². The third kappa shape index (κ3) is 4.20. The minimum Gasteiger partial charge on any atom is -0.490 e. The van der Waals surface area contributed by atoms with Crippen LogP contribution >= 0.6 is 0 Å². The summed E-state index contributed by atoms with van der Waals surface area (Å²) in [5.74, 6) is 0.284. The van der Waals surface area contributed by atoms with Crippen molar-refractivity contribution in [1.82, 2.24) is 0 Å². The van der Waals surface area contributed by atoms with Crippen LogP contribution in [0.3, 0.4) is 0 Å². The van der Waals surface area contributed by atoms with Crippen LogP contribution < -0.4 is 10.5 Å². The molecule has 0 heterocycles. The molecule has 0 fully saturated rings. The van der Waals surface area contributed by atoms with Crippen LogP contribution in [0.1, 0.15) is 45.1 Å². The molecule has 0 amide bonds. The van der Waals surface area contributed by atoms with Crippen molar-refractivity contribution >= 4 is 5.69 Å². The molecule has 0 aromatic heterocycles. The molecule has 5 nitrogen and oxygen atoms in total. The van der Waals surface area contributed by atoms with E-state index in [0.717, 1.165) is 31.2 Å². The second-order valence-electron chi connectivity index (χ2n) is 5.26. The van der Waals surface area contributed by atoms with Gasteiger partial charge in [-0.2, -0.15) is 0 Å². The largest absolute Gasteiger partial charge is 0.490 e. The Bertz CT molecular complexity index is 462. The van der Waals surface area contributed by atoms with Gasteiger partial charge in [-0.05, 0) is 30.9 Å². The van der Waals surface area contributed by atoms with Crippen LogP contribution in [0.5, 0.6) is 5.75 Å². The monoisotopic (exact) mass is 280 g/mol. The van der Waals surface area contributed by atoms with Gasteiger partial charge in [0.2, 0.25) is 0 Å². The number of hydrogen-bond acceptors (Lipinski definition) is 4. The summed E-state index contributed by atoms with van der Waals surface area (Å²) >= 11 is 0. The average Bonchev–Trinajstić information content (AvgIpc) is 2.45. The number of unbranched alkanes of at least 4 members (excludes halogenated alkanes) is 1. The van der Waals surface area contributed by atoms with Crippen molar-refractivity contribution in [3.8, 4) is 5.75 Å². The van der Waals surface area contributed by atoms with Crippen molar-refractivity contribution in [2.45, 2.75) is 51.5 Å². The molecule has 0 radical (unpaired) electrons. The third-order valence-corrected chi connectivity index (χ3v) is 3.73. The van der Waals surface area contributed by atoms with Gasteiger partial charge in [-0.15, -0.1) is 0 Å². The first-order valence-electron chi connectivity index (χ1n) is 7.06. The zero-order valence-electron chi connectivity index (χ0n) is 12.5. The molecule has 1 rings (SSSR count). The first kappa shape index (κ1) is 16.4. The fraction of sp³-hybridized carbons (Fsp3) is 0.600.